The van der Waals surface area contributed by atoms with Crippen LogP contribution in [0.1, 0.15) is 20.3 Å². The van der Waals surface area contributed by atoms with Gasteiger partial charge in [0.05, 0.1) is 5.39 Å². The summed E-state index contributed by atoms with van der Waals surface area (Å²) < 4.78 is 5.17. The summed E-state index contributed by atoms with van der Waals surface area (Å²) in [5.41, 5.74) is 0.709. The van der Waals surface area contributed by atoms with Crippen molar-refractivity contribution in [3.63, 3.8) is 0 Å². The topological polar surface area (TPSA) is 67.2 Å². The molecule has 0 bridgehead atoms. The molecule has 0 saturated heterocycles. The highest BCUT2D eigenvalue weighted by Crippen LogP contribution is 2.22. The number of anilines is 1. The Hall–Kier alpha value is -2.04. The molecule has 1 aromatic heterocycles. The number of carbonyl (C=O) groups excluding carboxylic acids is 1. The zero-order chi connectivity index (χ0) is 13.0. The molecular weight excluding hydrogens is 230 g/mol. The van der Waals surface area contributed by atoms with E-state index in [1.54, 1.807) is 6.92 Å². The second-order valence-corrected chi connectivity index (χ2v) is 4.18. The van der Waals surface area contributed by atoms with Crippen LogP contribution in [-0.4, -0.2) is 23.7 Å². The third-order valence-corrected chi connectivity index (χ3v) is 2.67. The van der Waals surface area contributed by atoms with E-state index in [1.165, 1.54) is 0 Å². The van der Waals surface area contributed by atoms with Crippen LogP contribution in [0, 0.1) is 0 Å². The highest BCUT2D eigenvalue weighted by molar-refractivity contribution is 5.91. The van der Waals surface area contributed by atoms with Gasteiger partial charge in [0.1, 0.15) is 6.04 Å². The van der Waals surface area contributed by atoms with Crippen LogP contribution in [0.3, 0.4) is 0 Å². The van der Waals surface area contributed by atoms with E-state index in [9.17, 15) is 4.79 Å². The van der Waals surface area contributed by atoms with Crippen molar-refractivity contribution in [3.8, 4) is 0 Å². The number of nitrogens with one attached hydrogen (secondary N) is 2. The van der Waals surface area contributed by atoms with Crippen LogP contribution < -0.4 is 10.6 Å². The Morgan fingerprint density at radius 2 is 2.22 bits per heavy atom. The summed E-state index contributed by atoms with van der Waals surface area (Å²) in [6, 6.07) is 7.20. The second kappa shape index (κ2) is 5.53. The summed E-state index contributed by atoms with van der Waals surface area (Å²) in [5.74, 6) is 0.564. The summed E-state index contributed by atoms with van der Waals surface area (Å²) in [6.07, 6.45) is 0.922. The van der Waals surface area contributed by atoms with Crippen LogP contribution in [0.5, 0.6) is 0 Å². The van der Waals surface area contributed by atoms with Gasteiger partial charge < -0.3 is 15.2 Å². The SMILES string of the molecule is CCCNC(=O)C(C)Nc1noc2ccccc12. The molecule has 1 atom stereocenters. The highest BCUT2D eigenvalue weighted by atomic mass is 16.5. The summed E-state index contributed by atoms with van der Waals surface area (Å²) in [5, 5.41) is 10.7. The van der Waals surface area contributed by atoms with Crippen molar-refractivity contribution in [2.24, 2.45) is 0 Å². The molecule has 0 fully saturated rings. The first-order valence-corrected chi connectivity index (χ1v) is 6.11. The van der Waals surface area contributed by atoms with Gasteiger partial charge in [-0.2, -0.15) is 0 Å². The second-order valence-electron chi connectivity index (χ2n) is 4.18. The number of rotatable bonds is 5. The van der Waals surface area contributed by atoms with Crippen LogP contribution >= 0.6 is 0 Å². The Balaban J connectivity index is 2.07. The third-order valence-electron chi connectivity index (χ3n) is 2.67. The number of hydrogen-bond donors (Lipinski definition) is 2. The molecular formula is C13H17N3O2. The zero-order valence-electron chi connectivity index (χ0n) is 10.6. The lowest BCUT2D eigenvalue weighted by Crippen LogP contribution is -2.37. The summed E-state index contributed by atoms with van der Waals surface area (Å²) in [6.45, 7) is 4.50. The predicted octanol–water partition coefficient (Wildman–Crippen LogP) is 2.15. The van der Waals surface area contributed by atoms with Crippen molar-refractivity contribution in [2.75, 3.05) is 11.9 Å². The lowest BCUT2D eigenvalue weighted by atomic mass is 10.2. The van der Waals surface area contributed by atoms with Gasteiger partial charge in [0.25, 0.3) is 0 Å². The molecule has 0 radical (unpaired) electrons. The van der Waals surface area contributed by atoms with E-state index in [-0.39, 0.29) is 11.9 Å². The van der Waals surface area contributed by atoms with E-state index >= 15 is 0 Å². The number of amides is 1. The van der Waals surface area contributed by atoms with Gasteiger partial charge in [-0.1, -0.05) is 24.2 Å². The number of hydrogen-bond acceptors (Lipinski definition) is 4. The maximum absolute atomic E-state index is 11.7. The minimum Gasteiger partial charge on any atom is -0.355 e. The van der Waals surface area contributed by atoms with Crippen LogP contribution in [0.4, 0.5) is 5.82 Å². The molecule has 0 spiro atoms. The first-order valence-electron chi connectivity index (χ1n) is 6.11. The fourth-order valence-electron chi connectivity index (χ4n) is 1.66. The molecule has 96 valence electrons. The molecule has 1 unspecified atom stereocenters. The molecule has 1 aromatic carbocycles. The quantitative estimate of drug-likeness (QED) is 0.849. The smallest absolute Gasteiger partial charge is 0.242 e. The van der Waals surface area contributed by atoms with Crippen molar-refractivity contribution in [1.82, 2.24) is 10.5 Å². The van der Waals surface area contributed by atoms with E-state index in [4.69, 9.17) is 4.52 Å². The molecule has 5 nitrogen and oxygen atoms in total. The normalized spacial score (nSPS) is 12.3. The van der Waals surface area contributed by atoms with Gasteiger partial charge >= 0.3 is 0 Å². The molecule has 0 aliphatic heterocycles. The third kappa shape index (κ3) is 2.61. The summed E-state index contributed by atoms with van der Waals surface area (Å²) in [7, 11) is 0. The average Bonchev–Trinajstić information content (AvgIpc) is 2.79. The Bertz CT molecular complexity index is 536. The molecule has 2 N–H and O–H groups in total. The predicted molar refractivity (Wildman–Crippen MR) is 70.4 cm³/mol. The first-order chi connectivity index (χ1) is 8.72. The van der Waals surface area contributed by atoms with Gasteiger partial charge in [0.2, 0.25) is 5.91 Å². The number of para-hydroxylation sites is 1. The van der Waals surface area contributed by atoms with Crippen LogP contribution in [0.25, 0.3) is 11.0 Å². The molecule has 0 aliphatic rings. The lowest BCUT2D eigenvalue weighted by Gasteiger charge is -2.12. The fourth-order valence-corrected chi connectivity index (χ4v) is 1.66. The van der Waals surface area contributed by atoms with E-state index < -0.39 is 0 Å². The maximum atomic E-state index is 11.7. The monoisotopic (exact) mass is 247 g/mol. The number of benzene rings is 1. The number of nitrogens with zero attached hydrogens (tertiary/aromatic N) is 1. The fraction of sp³-hybridized carbons (Fsp3) is 0.385. The molecule has 2 aromatic rings. The van der Waals surface area contributed by atoms with Gasteiger partial charge in [-0.15, -0.1) is 0 Å². The van der Waals surface area contributed by atoms with Crippen molar-refractivity contribution in [1.29, 1.82) is 0 Å². The van der Waals surface area contributed by atoms with E-state index in [0.29, 0.717) is 17.9 Å². The Labute approximate surface area is 106 Å². The highest BCUT2D eigenvalue weighted by Gasteiger charge is 2.15. The lowest BCUT2D eigenvalue weighted by molar-refractivity contribution is -0.121. The van der Waals surface area contributed by atoms with Crippen molar-refractivity contribution < 1.29 is 9.32 Å². The van der Waals surface area contributed by atoms with Crippen LogP contribution in [0.2, 0.25) is 0 Å². The summed E-state index contributed by atoms with van der Waals surface area (Å²) >= 11 is 0. The molecule has 5 heteroatoms. The van der Waals surface area contributed by atoms with Gasteiger partial charge in [0.15, 0.2) is 11.4 Å². The Kier molecular flexibility index (Phi) is 3.82. The van der Waals surface area contributed by atoms with E-state index in [0.717, 1.165) is 11.8 Å². The molecule has 1 heterocycles. The van der Waals surface area contributed by atoms with Crippen molar-refractivity contribution in [2.45, 2.75) is 26.3 Å². The van der Waals surface area contributed by atoms with Gasteiger partial charge in [-0.3, -0.25) is 4.79 Å². The van der Waals surface area contributed by atoms with Gasteiger partial charge in [-0.25, -0.2) is 0 Å². The van der Waals surface area contributed by atoms with Crippen molar-refractivity contribution >= 4 is 22.7 Å². The molecule has 18 heavy (non-hydrogen) atoms. The van der Waals surface area contributed by atoms with Gasteiger partial charge in [-0.05, 0) is 25.5 Å². The average molecular weight is 247 g/mol. The van der Waals surface area contributed by atoms with E-state index in [1.807, 2.05) is 31.2 Å². The molecule has 0 saturated carbocycles. The Morgan fingerprint density at radius 1 is 1.44 bits per heavy atom. The zero-order valence-corrected chi connectivity index (χ0v) is 10.6. The number of fused-ring (bicyclic) bond motifs is 1. The number of carbonyl (C=O) groups is 1. The van der Waals surface area contributed by atoms with Crippen LogP contribution in [-0.2, 0) is 4.79 Å². The first kappa shape index (κ1) is 12.4. The molecule has 1 amide bonds. The summed E-state index contributed by atoms with van der Waals surface area (Å²) in [4.78, 5) is 11.7. The van der Waals surface area contributed by atoms with E-state index in [2.05, 4.69) is 15.8 Å². The standard InChI is InChI=1S/C13H17N3O2/c1-3-8-14-13(17)9(2)15-12-10-6-4-5-7-11(10)18-16-12/h4-7,9H,3,8H2,1-2H3,(H,14,17)(H,15,16). The van der Waals surface area contributed by atoms with Crippen LogP contribution in [0.15, 0.2) is 28.8 Å². The van der Waals surface area contributed by atoms with Gasteiger partial charge in [0, 0.05) is 6.54 Å². The Morgan fingerprint density at radius 3 is 3.00 bits per heavy atom. The minimum absolute atomic E-state index is 0.0380. The minimum atomic E-state index is -0.343. The largest absolute Gasteiger partial charge is 0.355 e. The van der Waals surface area contributed by atoms with Crippen molar-refractivity contribution in [3.05, 3.63) is 24.3 Å². The molecule has 0 aliphatic carbocycles. The molecule has 2 rings (SSSR count). The maximum Gasteiger partial charge on any atom is 0.242 e. The number of aromatic nitrogens is 1.